The second-order valence-electron chi connectivity index (χ2n) is 3.94. The number of hydrogen-bond acceptors (Lipinski definition) is 4. The first-order valence-electron chi connectivity index (χ1n) is 4.97. The van der Waals surface area contributed by atoms with E-state index in [2.05, 4.69) is 5.10 Å². The second kappa shape index (κ2) is 4.70. The van der Waals surface area contributed by atoms with Crippen LogP contribution in [0.15, 0.2) is 6.20 Å². The zero-order valence-corrected chi connectivity index (χ0v) is 10.3. The number of hydrogen-bond donors (Lipinski definition) is 1. The standard InChI is InChI=1S/C10H17N3OS/c1-6(2)13-9(8(11)5-12-13)10(14)15-7(3)4/h5-7H,11H2,1-4H3. The van der Waals surface area contributed by atoms with E-state index in [0.717, 1.165) is 0 Å². The van der Waals surface area contributed by atoms with Crippen LogP contribution in [0.2, 0.25) is 0 Å². The van der Waals surface area contributed by atoms with Crippen molar-refractivity contribution >= 4 is 22.6 Å². The summed E-state index contributed by atoms with van der Waals surface area (Å²) in [6.45, 7) is 7.91. The van der Waals surface area contributed by atoms with Crippen LogP contribution in [0.25, 0.3) is 0 Å². The predicted octanol–water partition coefficient (Wildman–Crippen LogP) is 2.33. The van der Waals surface area contributed by atoms with Crippen LogP contribution in [-0.4, -0.2) is 20.1 Å². The molecule has 0 aromatic carbocycles. The first kappa shape index (κ1) is 12.1. The van der Waals surface area contributed by atoms with E-state index in [9.17, 15) is 4.79 Å². The van der Waals surface area contributed by atoms with Crippen LogP contribution >= 0.6 is 11.8 Å². The van der Waals surface area contributed by atoms with Crippen molar-refractivity contribution in [2.24, 2.45) is 0 Å². The highest BCUT2D eigenvalue weighted by Crippen LogP contribution is 2.23. The van der Waals surface area contributed by atoms with Gasteiger partial charge in [0.25, 0.3) is 0 Å². The van der Waals surface area contributed by atoms with Crippen molar-refractivity contribution in [2.45, 2.75) is 39.0 Å². The number of carbonyl (C=O) groups is 1. The minimum Gasteiger partial charge on any atom is -0.396 e. The fourth-order valence-corrected chi connectivity index (χ4v) is 2.00. The summed E-state index contributed by atoms with van der Waals surface area (Å²) in [5.41, 5.74) is 6.72. The second-order valence-corrected chi connectivity index (χ2v) is 5.49. The highest BCUT2D eigenvalue weighted by atomic mass is 32.2. The van der Waals surface area contributed by atoms with E-state index in [0.29, 0.717) is 11.4 Å². The number of nitrogens with zero attached hydrogens (tertiary/aromatic N) is 2. The first-order valence-corrected chi connectivity index (χ1v) is 5.85. The number of anilines is 1. The van der Waals surface area contributed by atoms with Crippen molar-refractivity contribution in [2.75, 3.05) is 5.73 Å². The number of nitrogen functional groups attached to an aromatic ring is 1. The minimum absolute atomic E-state index is 0.00583. The fourth-order valence-electron chi connectivity index (χ4n) is 1.25. The van der Waals surface area contributed by atoms with Crippen LogP contribution in [0, 0.1) is 0 Å². The van der Waals surface area contributed by atoms with Crippen LogP contribution in [0.4, 0.5) is 5.69 Å². The predicted molar refractivity (Wildman–Crippen MR) is 64.1 cm³/mol. The Balaban J connectivity index is 3.01. The van der Waals surface area contributed by atoms with E-state index in [1.165, 1.54) is 18.0 Å². The molecule has 0 radical (unpaired) electrons. The third-order valence-corrected chi connectivity index (χ3v) is 2.73. The van der Waals surface area contributed by atoms with Crippen LogP contribution in [-0.2, 0) is 0 Å². The molecule has 1 aromatic rings. The Kier molecular flexibility index (Phi) is 3.79. The topological polar surface area (TPSA) is 60.9 Å². The summed E-state index contributed by atoms with van der Waals surface area (Å²) in [5.74, 6) is 0. The fraction of sp³-hybridized carbons (Fsp3) is 0.600. The van der Waals surface area contributed by atoms with E-state index >= 15 is 0 Å². The maximum absolute atomic E-state index is 11.9. The molecule has 0 unspecified atom stereocenters. The molecule has 15 heavy (non-hydrogen) atoms. The van der Waals surface area contributed by atoms with Gasteiger partial charge in [0.15, 0.2) is 0 Å². The smallest absolute Gasteiger partial charge is 0.239 e. The first-order chi connectivity index (χ1) is 6.93. The van der Waals surface area contributed by atoms with E-state index in [4.69, 9.17) is 5.73 Å². The van der Waals surface area contributed by atoms with Gasteiger partial charge in [0.1, 0.15) is 5.69 Å². The molecule has 0 spiro atoms. The van der Waals surface area contributed by atoms with Gasteiger partial charge in [-0.05, 0) is 13.8 Å². The molecule has 5 heteroatoms. The average molecular weight is 227 g/mol. The molecule has 4 nitrogen and oxygen atoms in total. The van der Waals surface area contributed by atoms with Crippen molar-refractivity contribution in [1.82, 2.24) is 9.78 Å². The van der Waals surface area contributed by atoms with Gasteiger partial charge in [0, 0.05) is 11.3 Å². The normalized spacial score (nSPS) is 11.3. The largest absolute Gasteiger partial charge is 0.396 e. The third-order valence-electron chi connectivity index (χ3n) is 1.85. The van der Waals surface area contributed by atoms with Crippen LogP contribution < -0.4 is 5.73 Å². The summed E-state index contributed by atoms with van der Waals surface area (Å²) < 4.78 is 1.67. The van der Waals surface area contributed by atoms with Crippen LogP contribution in [0.3, 0.4) is 0 Å². The lowest BCUT2D eigenvalue weighted by atomic mass is 10.3. The molecular formula is C10H17N3OS. The summed E-state index contributed by atoms with van der Waals surface area (Å²) in [6, 6.07) is 0.147. The van der Waals surface area contributed by atoms with Crippen LogP contribution in [0.1, 0.15) is 44.2 Å². The molecule has 1 aromatic heterocycles. The molecule has 0 aliphatic rings. The Bertz CT molecular complexity index is 358. The highest BCUT2D eigenvalue weighted by Gasteiger charge is 2.19. The molecule has 2 N–H and O–H groups in total. The van der Waals surface area contributed by atoms with Crippen molar-refractivity contribution < 1.29 is 4.79 Å². The number of nitrogens with two attached hydrogens (primary N) is 1. The maximum Gasteiger partial charge on any atom is 0.239 e. The summed E-state index contributed by atoms with van der Waals surface area (Å²) in [6.07, 6.45) is 1.54. The summed E-state index contributed by atoms with van der Waals surface area (Å²) in [7, 11) is 0. The lowest BCUT2D eigenvalue weighted by Crippen LogP contribution is -2.13. The zero-order chi connectivity index (χ0) is 11.6. The van der Waals surface area contributed by atoms with Gasteiger partial charge in [-0.25, -0.2) is 0 Å². The van der Waals surface area contributed by atoms with Gasteiger partial charge in [-0.1, -0.05) is 25.6 Å². The zero-order valence-electron chi connectivity index (χ0n) is 9.52. The lowest BCUT2D eigenvalue weighted by molar-refractivity contribution is 0.107. The Morgan fingerprint density at radius 1 is 1.47 bits per heavy atom. The molecule has 0 bridgehead atoms. The molecule has 0 saturated carbocycles. The van der Waals surface area contributed by atoms with Gasteiger partial charge in [-0.2, -0.15) is 5.10 Å². The summed E-state index contributed by atoms with van der Waals surface area (Å²) in [4.78, 5) is 11.9. The highest BCUT2D eigenvalue weighted by molar-refractivity contribution is 8.14. The molecule has 0 saturated heterocycles. The van der Waals surface area contributed by atoms with Gasteiger partial charge in [0.05, 0.1) is 11.9 Å². The molecule has 0 amide bonds. The summed E-state index contributed by atoms with van der Waals surface area (Å²) in [5, 5.41) is 4.35. The van der Waals surface area contributed by atoms with Crippen LogP contribution in [0.5, 0.6) is 0 Å². The molecule has 1 rings (SSSR count). The summed E-state index contributed by atoms with van der Waals surface area (Å²) >= 11 is 1.28. The van der Waals surface area contributed by atoms with Gasteiger partial charge in [-0.15, -0.1) is 0 Å². The van der Waals surface area contributed by atoms with Gasteiger partial charge in [0.2, 0.25) is 5.12 Å². The molecule has 0 aliphatic heterocycles. The molecule has 0 fully saturated rings. The maximum atomic E-state index is 11.9. The van der Waals surface area contributed by atoms with E-state index in [1.54, 1.807) is 4.68 Å². The van der Waals surface area contributed by atoms with Gasteiger partial charge >= 0.3 is 0 Å². The van der Waals surface area contributed by atoms with E-state index < -0.39 is 0 Å². The van der Waals surface area contributed by atoms with E-state index in [1.807, 2.05) is 27.7 Å². The Morgan fingerprint density at radius 3 is 2.53 bits per heavy atom. The number of carbonyl (C=O) groups excluding carboxylic acids is 1. The molecule has 84 valence electrons. The molecule has 0 atom stereocenters. The SMILES string of the molecule is CC(C)SC(=O)c1c(N)cnn1C(C)C. The number of thioether (sulfide) groups is 1. The van der Waals surface area contributed by atoms with Crippen molar-refractivity contribution in [3.05, 3.63) is 11.9 Å². The van der Waals surface area contributed by atoms with Crippen molar-refractivity contribution in [3.63, 3.8) is 0 Å². The van der Waals surface area contributed by atoms with Crippen molar-refractivity contribution in [3.8, 4) is 0 Å². The lowest BCUT2D eigenvalue weighted by Gasteiger charge is -2.11. The quantitative estimate of drug-likeness (QED) is 0.861. The molecule has 1 heterocycles. The third kappa shape index (κ3) is 2.75. The van der Waals surface area contributed by atoms with E-state index in [-0.39, 0.29) is 16.4 Å². The average Bonchev–Trinajstić information content (AvgIpc) is 2.45. The van der Waals surface area contributed by atoms with Crippen molar-refractivity contribution in [1.29, 1.82) is 0 Å². The van der Waals surface area contributed by atoms with Gasteiger partial charge < -0.3 is 5.73 Å². The number of aromatic nitrogens is 2. The van der Waals surface area contributed by atoms with Gasteiger partial charge in [-0.3, -0.25) is 9.48 Å². The Hall–Kier alpha value is -0.970. The Morgan fingerprint density at radius 2 is 2.07 bits per heavy atom. The molecule has 0 aliphatic carbocycles. The molecular weight excluding hydrogens is 210 g/mol. The minimum atomic E-state index is -0.00583. The Labute approximate surface area is 94.2 Å². The number of rotatable bonds is 3. The monoisotopic (exact) mass is 227 g/mol.